The quantitative estimate of drug-likeness (QED) is 0.397. The van der Waals surface area contributed by atoms with Crippen LogP contribution in [-0.2, 0) is 9.59 Å². The molecule has 1 aliphatic rings. The summed E-state index contributed by atoms with van der Waals surface area (Å²) < 4.78 is 18.6. The maximum Gasteiger partial charge on any atom is 0.300 e. The van der Waals surface area contributed by atoms with Crippen LogP contribution in [0.4, 0.5) is 10.1 Å². The molecule has 6 heteroatoms. The first-order valence-electron chi connectivity index (χ1n) is 9.27. The lowest BCUT2D eigenvalue weighted by Crippen LogP contribution is -2.29. The Balaban J connectivity index is 1.95. The molecule has 1 aliphatic heterocycles. The number of methoxy groups -OCH3 is 1. The lowest BCUT2D eigenvalue weighted by Gasteiger charge is -2.25. The Hall–Kier alpha value is -3.93. The van der Waals surface area contributed by atoms with Crippen molar-refractivity contribution in [2.45, 2.75) is 6.04 Å². The molecule has 5 nitrogen and oxygen atoms in total. The normalized spacial score (nSPS) is 17.9. The Morgan fingerprint density at radius 2 is 1.67 bits per heavy atom. The molecule has 3 aromatic rings. The van der Waals surface area contributed by atoms with Gasteiger partial charge in [-0.05, 0) is 54.1 Å². The lowest BCUT2D eigenvalue weighted by atomic mass is 9.95. The number of aliphatic hydroxyl groups is 1. The molecular formula is C24H18FNO4. The highest BCUT2D eigenvalue weighted by atomic mass is 19.1. The van der Waals surface area contributed by atoms with Crippen LogP contribution in [-0.4, -0.2) is 23.9 Å². The maximum absolute atomic E-state index is 13.3. The van der Waals surface area contributed by atoms with Crippen LogP contribution in [0.1, 0.15) is 17.2 Å². The van der Waals surface area contributed by atoms with Gasteiger partial charge in [-0.25, -0.2) is 4.39 Å². The molecule has 4 rings (SSSR count). The molecule has 1 atom stereocenters. The summed E-state index contributed by atoms with van der Waals surface area (Å²) in [6.07, 6.45) is 0. The number of nitrogens with zero attached hydrogens (tertiary/aromatic N) is 1. The summed E-state index contributed by atoms with van der Waals surface area (Å²) in [5.41, 5.74) is 1.30. The minimum absolute atomic E-state index is 0.0660. The summed E-state index contributed by atoms with van der Waals surface area (Å²) in [5, 5.41) is 10.9. The summed E-state index contributed by atoms with van der Waals surface area (Å²) in [4.78, 5) is 27.3. The Kier molecular flexibility index (Phi) is 5.06. The third-order valence-corrected chi connectivity index (χ3v) is 5.01. The van der Waals surface area contributed by atoms with Crippen molar-refractivity contribution in [2.75, 3.05) is 12.0 Å². The van der Waals surface area contributed by atoms with Gasteiger partial charge in [-0.2, -0.15) is 0 Å². The van der Waals surface area contributed by atoms with Gasteiger partial charge in [0.05, 0.1) is 18.7 Å². The van der Waals surface area contributed by atoms with Crippen molar-refractivity contribution in [3.63, 3.8) is 0 Å². The van der Waals surface area contributed by atoms with E-state index in [2.05, 4.69) is 0 Å². The van der Waals surface area contributed by atoms with E-state index in [4.69, 9.17) is 4.74 Å². The second kappa shape index (κ2) is 7.83. The number of benzene rings is 3. The number of hydrogen-bond donors (Lipinski definition) is 1. The van der Waals surface area contributed by atoms with Crippen molar-refractivity contribution >= 4 is 23.1 Å². The number of halogens is 1. The van der Waals surface area contributed by atoms with E-state index < -0.39 is 23.5 Å². The average molecular weight is 403 g/mol. The van der Waals surface area contributed by atoms with Crippen molar-refractivity contribution in [3.8, 4) is 5.75 Å². The molecule has 1 saturated heterocycles. The highest BCUT2D eigenvalue weighted by molar-refractivity contribution is 6.51. The molecule has 0 aromatic heterocycles. The van der Waals surface area contributed by atoms with Crippen LogP contribution in [0.25, 0.3) is 5.76 Å². The van der Waals surface area contributed by atoms with Gasteiger partial charge in [-0.1, -0.05) is 30.3 Å². The van der Waals surface area contributed by atoms with Gasteiger partial charge in [-0.15, -0.1) is 0 Å². The summed E-state index contributed by atoms with van der Waals surface area (Å²) in [5.74, 6) is -1.85. The van der Waals surface area contributed by atoms with E-state index in [1.807, 2.05) is 0 Å². The van der Waals surface area contributed by atoms with Gasteiger partial charge in [0.1, 0.15) is 17.3 Å². The number of amides is 1. The first-order chi connectivity index (χ1) is 14.5. The van der Waals surface area contributed by atoms with Gasteiger partial charge in [0.2, 0.25) is 0 Å². The van der Waals surface area contributed by atoms with Gasteiger partial charge >= 0.3 is 0 Å². The van der Waals surface area contributed by atoms with Gasteiger partial charge in [0.15, 0.2) is 0 Å². The number of Topliss-reactive ketones (excluding diaryl/α,β-unsaturated/α-hetero) is 1. The van der Waals surface area contributed by atoms with Crippen LogP contribution < -0.4 is 9.64 Å². The second-order valence-corrected chi connectivity index (χ2v) is 6.79. The molecular weight excluding hydrogens is 385 g/mol. The first kappa shape index (κ1) is 19.4. The van der Waals surface area contributed by atoms with Crippen LogP contribution in [0.2, 0.25) is 0 Å². The molecule has 1 amide bonds. The van der Waals surface area contributed by atoms with Crippen LogP contribution in [0.5, 0.6) is 5.75 Å². The first-order valence-corrected chi connectivity index (χ1v) is 9.27. The highest BCUT2D eigenvalue weighted by Gasteiger charge is 2.47. The van der Waals surface area contributed by atoms with E-state index in [0.717, 1.165) is 0 Å². The number of anilines is 1. The van der Waals surface area contributed by atoms with Crippen LogP contribution in [0, 0.1) is 5.82 Å². The fourth-order valence-corrected chi connectivity index (χ4v) is 3.58. The van der Waals surface area contributed by atoms with Crippen molar-refractivity contribution in [1.82, 2.24) is 0 Å². The Bertz CT molecular complexity index is 1140. The number of ketones is 1. The van der Waals surface area contributed by atoms with Crippen LogP contribution in [0.15, 0.2) is 84.4 Å². The fraction of sp³-hybridized carbons (Fsp3) is 0.0833. The zero-order valence-electron chi connectivity index (χ0n) is 16.1. The standard InChI is InChI=1S/C24H18FNO4/c1-30-19-9-5-6-16(14-19)21-20(22(27)15-10-12-17(25)13-11-15)23(28)24(29)26(21)18-7-3-2-4-8-18/h2-14,21,27H,1H3/b22-20+. The van der Waals surface area contributed by atoms with E-state index in [1.54, 1.807) is 54.6 Å². The zero-order chi connectivity index (χ0) is 21.3. The van der Waals surface area contributed by atoms with Crippen LogP contribution >= 0.6 is 0 Å². The lowest BCUT2D eigenvalue weighted by molar-refractivity contribution is -0.132. The third kappa shape index (κ3) is 3.33. The number of hydrogen-bond acceptors (Lipinski definition) is 4. The molecule has 0 saturated carbocycles. The summed E-state index contributed by atoms with van der Waals surface area (Å²) in [7, 11) is 1.52. The molecule has 1 fully saturated rings. The molecule has 30 heavy (non-hydrogen) atoms. The predicted octanol–water partition coefficient (Wildman–Crippen LogP) is 4.46. The fourth-order valence-electron chi connectivity index (χ4n) is 3.58. The Morgan fingerprint density at radius 3 is 2.33 bits per heavy atom. The number of carbonyl (C=O) groups is 2. The molecule has 0 bridgehead atoms. The molecule has 3 aromatic carbocycles. The molecule has 0 spiro atoms. The largest absolute Gasteiger partial charge is 0.507 e. The SMILES string of the molecule is COc1cccc(C2/C(=C(\O)c3ccc(F)cc3)C(=O)C(=O)N2c2ccccc2)c1. The Morgan fingerprint density at radius 1 is 0.967 bits per heavy atom. The van der Waals surface area contributed by atoms with Crippen LogP contribution in [0.3, 0.4) is 0 Å². The number of para-hydroxylation sites is 1. The molecule has 1 heterocycles. The number of carbonyl (C=O) groups excluding carboxylic acids is 2. The average Bonchev–Trinajstić information content (AvgIpc) is 3.05. The maximum atomic E-state index is 13.3. The second-order valence-electron chi connectivity index (χ2n) is 6.79. The zero-order valence-corrected chi connectivity index (χ0v) is 16.1. The smallest absolute Gasteiger partial charge is 0.300 e. The van der Waals surface area contributed by atoms with Gasteiger partial charge in [0.25, 0.3) is 11.7 Å². The van der Waals surface area contributed by atoms with Gasteiger partial charge in [-0.3, -0.25) is 14.5 Å². The summed E-state index contributed by atoms with van der Waals surface area (Å²) in [6.45, 7) is 0. The number of ether oxygens (including phenoxy) is 1. The molecule has 0 radical (unpaired) electrons. The predicted molar refractivity (Wildman–Crippen MR) is 111 cm³/mol. The molecule has 0 aliphatic carbocycles. The van der Waals surface area contributed by atoms with E-state index in [0.29, 0.717) is 17.0 Å². The highest BCUT2D eigenvalue weighted by Crippen LogP contribution is 2.42. The van der Waals surface area contributed by atoms with Crippen molar-refractivity contribution in [1.29, 1.82) is 0 Å². The monoisotopic (exact) mass is 403 g/mol. The number of rotatable bonds is 4. The topological polar surface area (TPSA) is 66.8 Å². The van der Waals surface area contributed by atoms with E-state index in [1.165, 1.54) is 36.3 Å². The van der Waals surface area contributed by atoms with Crippen molar-refractivity contribution in [2.24, 2.45) is 0 Å². The third-order valence-electron chi connectivity index (χ3n) is 5.01. The summed E-state index contributed by atoms with van der Waals surface area (Å²) in [6, 6.07) is 20.0. The summed E-state index contributed by atoms with van der Waals surface area (Å²) >= 11 is 0. The molecule has 1 unspecified atom stereocenters. The van der Waals surface area contributed by atoms with E-state index in [-0.39, 0.29) is 16.9 Å². The molecule has 150 valence electrons. The van der Waals surface area contributed by atoms with Gasteiger partial charge in [0, 0.05) is 11.3 Å². The van der Waals surface area contributed by atoms with E-state index >= 15 is 0 Å². The van der Waals surface area contributed by atoms with E-state index in [9.17, 15) is 19.1 Å². The van der Waals surface area contributed by atoms with Gasteiger partial charge < -0.3 is 9.84 Å². The molecule has 1 N–H and O–H groups in total. The minimum Gasteiger partial charge on any atom is -0.507 e. The van der Waals surface area contributed by atoms with Crippen molar-refractivity contribution in [3.05, 3.63) is 101 Å². The minimum atomic E-state index is -0.868. The number of aliphatic hydroxyl groups excluding tert-OH is 1. The Labute approximate surface area is 172 Å². The van der Waals surface area contributed by atoms with Crippen molar-refractivity contribution < 1.29 is 23.8 Å².